The zero-order valence-electron chi connectivity index (χ0n) is 54.7. The first-order chi connectivity index (χ1) is 41.0. The van der Waals surface area contributed by atoms with Crippen LogP contribution in [0.3, 0.4) is 0 Å². The van der Waals surface area contributed by atoms with Crippen LogP contribution >= 0.6 is 0 Å². The Bertz CT molecular complexity index is 1660. The van der Waals surface area contributed by atoms with Gasteiger partial charge in [0.2, 0.25) is 0 Å². The van der Waals surface area contributed by atoms with Crippen molar-refractivity contribution in [1.82, 2.24) is 0 Å². The maximum Gasteiger partial charge on any atom is 0.306 e. The maximum absolute atomic E-state index is 12.9. The molecule has 0 saturated carbocycles. The van der Waals surface area contributed by atoms with Crippen molar-refractivity contribution >= 4 is 17.9 Å². The molecule has 0 heterocycles. The van der Waals surface area contributed by atoms with Crippen LogP contribution in [0, 0.1) is 0 Å². The van der Waals surface area contributed by atoms with E-state index in [2.05, 4.69) is 130 Å². The number of esters is 3. The first-order valence-corrected chi connectivity index (χ1v) is 35.4. The Morgan fingerprint density at radius 1 is 0.253 bits per heavy atom. The Balaban J connectivity index is 4.41. The summed E-state index contributed by atoms with van der Waals surface area (Å²) in [6.45, 7) is 6.49. The van der Waals surface area contributed by atoms with Gasteiger partial charge in [-0.15, -0.1) is 0 Å². The predicted octanol–water partition coefficient (Wildman–Crippen LogP) is 24.6. The molecule has 1 atom stereocenters. The molecule has 1 unspecified atom stereocenters. The Kier molecular flexibility index (Phi) is 67.2. The number of hydrogen-bond acceptors (Lipinski definition) is 6. The monoisotopic (exact) mass is 1150 g/mol. The molecule has 0 aliphatic heterocycles. The fraction of sp³-hybridized carbons (Fsp3) is 0.727. The number of rotatable bonds is 64. The van der Waals surface area contributed by atoms with Crippen LogP contribution in [0.4, 0.5) is 0 Å². The standard InChI is InChI=1S/C77H132O6/c1-4-7-10-13-16-19-22-25-28-31-33-35-37-38-39-41-42-44-46-49-52-55-58-61-64-67-70-76(79)82-73-74(72-81-75(78)69-66-63-60-57-54-51-48-30-27-24-21-18-15-12-9-6-3)83-77(80)71-68-65-62-59-56-53-50-47-45-43-40-36-34-32-29-26-23-20-17-14-11-8-5-2/h8,11,17,20-21,24,26,29-30,34,36,43,45,48,50,53,59,62,74H,4-7,9-10,12-16,18-19,22-23,25,27-28,31-33,35,37-42,44,46-47,49,51-52,54-58,60-61,63-73H2,1-3H3/b11-8-,20-17-,24-21-,29-26-,36-34-,45-43-,48-30-,53-50-,62-59-. The summed E-state index contributed by atoms with van der Waals surface area (Å²) in [4.78, 5) is 38.4. The van der Waals surface area contributed by atoms with Crippen LogP contribution in [0.2, 0.25) is 0 Å². The first kappa shape index (κ1) is 79.1. The fourth-order valence-electron chi connectivity index (χ4n) is 9.99. The van der Waals surface area contributed by atoms with E-state index < -0.39 is 6.10 Å². The minimum Gasteiger partial charge on any atom is -0.462 e. The van der Waals surface area contributed by atoms with Crippen LogP contribution in [0.1, 0.15) is 342 Å². The number of ether oxygens (including phenoxy) is 3. The van der Waals surface area contributed by atoms with E-state index in [4.69, 9.17) is 14.2 Å². The lowest BCUT2D eigenvalue weighted by Crippen LogP contribution is -2.30. The molecule has 0 aliphatic carbocycles. The van der Waals surface area contributed by atoms with Gasteiger partial charge in [0.25, 0.3) is 0 Å². The molecule has 0 radical (unpaired) electrons. The largest absolute Gasteiger partial charge is 0.462 e. The summed E-state index contributed by atoms with van der Waals surface area (Å²) in [6, 6.07) is 0. The highest BCUT2D eigenvalue weighted by atomic mass is 16.6. The number of carbonyl (C=O) groups is 3. The lowest BCUT2D eigenvalue weighted by atomic mass is 10.0. The molecule has 0 fully saturated rings. The lowest BCUT2D eigenvalue weighted by molar-refractivity contribution is -0.167. The molecular weight excluding hydrogens is 1020 g/mol. The van der Waals surface area contributed by atoms with Crippen molar-refractivity contribution in [3.8, 4) is 0 Å². The Morgan fingerprint density at radius 3 is 0.783 bits per heavy atom. The van der Waals surface area contributed by atoms with Crippen LogP contribution in [0.25, 0.3) is 0 Å². The van der Waals surface area contributed by atoms with Crippen LogP contribution in [0.15, 0.2) is 109 Å². The SMILES string of the molecule is CC/C=C\C/C=C\C/C=C\C/C=C\C/C=C\C/C=C\C/C=C\CCCC(=O)OC(COC(=O)CCCCCCC/C=C\C/C=C\CCCCCC)COC(=O)CCCCCCCCCCCCCCCCCCCCCCCCCCCC. The zero-order chi connectivity index (χ0) is 59.9. The summed E-state index contributed by atoms with van der Waals surface area (Å²) in [7, 11) is 0. The highest BCUT2D eigenvalue weighted by Crippen LogP contribution is 2.17. The highest BCUT2D eigenvalue weighted by molar-refractivity contribution is 5.71. The molecule has 6 heteroatoms. The van der Waals surface area contributed by atoms with E-state index in [1.54, 1.807) is 0 Å². The molecule has 0 aromatic heterocycles. The zero-order valence-corrected chi connectivity index (χ0v) is 54.7. The van der Waals surface area contributed by atoms with Gasteiger partial charge in [-0.25, -0.2) is 0 Å². The quantitative estimate of drug-likeness (QED) is 0.0261. The van der Waals surface area contributed by atoms with Crippen molar-refractivity contribution < 1.29 is 28.6 Å². The Morgan fingerprint density at radius 2 is 0.482 bits per heavy atom. The highest BCUT2D eigenvalue weighted by Gasteiger charge is 2.19. The minimum atomic E-state index is -0.817. The van der Waals surface area contributed by atoms with Gasteiger partial charge in [0.05, 0.1) is 0 Å². The molecule has 0 aromatic rings. The van der Waals surface area contributed by atoms with Gasteiger partial charge in [0, 0.05) is 19.3 Å². The third-order valence-electron chi connectivity index (χ3n) is 15.3. The smallest absolute Gasteiger partial charge is 0.306 e. The van der Waals surface area contributed by atoms with E-state index in [1.807, 2.05) is 0 Å². The van der Waals surface area contributed by atoms with Crippen LogP contribution in [-0.4, -0.2) is 37.2 Å². The van der Waals surface area contributed by atoms with Gasteiger partial charge >= 0.3 is 17.9 Å². The number of allylic oxidation sites excluding steroid dienone is 18. The third kappa shape index (κ3) is 68.7. The Labute approximate surface area is 514 Å². The van der Waals surface area contributed by atoms with E-state index >= 15 is 0 Å². The van der Waals surface area contributed by atoms with Gasteiger partial charge in [-0.1, -0.05) is 329 Å². The topological polar surface area (TPSA) is 78.9 Å². The summed E-state index contributed by atoms with van der Waals surface area (Å²) in [5, 5.41) is 0. The molecule has 476 valence electrons. The van der Waals surface area contributed by atoms with Crippen molar-refractivity contribution in [3.63, 3.8) is 0 Å². The van der Waals surface area contributed by atoms with Gasteiger partial charge in [0.15, 0.2) is 6.10 Å². The normalized spacial score (nSPS) is 12.8. The van der Waals surface area contributed by atoms with Gasteiger partial charge < -0.3 is 14.2 Å². The molecular formula is C77H132O6. The van der Waals surface area contributed by atoms with Crippen molar-refractivity contribution in [1.29, 1.82) is 0 Å². The molecule has 0 saturated heterocycles. The van der Waals surface area contributed by atoms with E-state index in [-0.39, 0.29) is 37.5 Å². The molecule has 0 aromatic carbocycles. The van der Waals surface area contributed by atoms with Crippen molar-refractivity contribution in [2.45, 2.75) is 348 Å². The van der Waals surface area contributed by atoms with Gasteiger partial charge in [0.1, 0.15) is 13.2 Å². The molecule has 0 aliphatic rings. The summed E-state index contributed by atoms with van der Waals surface area (Å²) >= 11 is 0. The summed E-state index contributed by atoms with van der Waals surface area (Å²) in [5.41, 5.74) is 0. The van der Waals surface area contributed by atoms with E-state index in [0.29, 0.717) is 19.3 Å². The van der Waals surface area contributed by atoms with Crippen LogP contribution in [0.5, 0.6) is 0 Å². The molecule has 0 N–H and O–H groups in total. The molecule has 0 bridgehead atoms. The number of carbonyl (C=O) groups excluding carboxylic acids is 3. The molecule has 0 rings (SSSR count). The van der Waals surface area contributed by atoms with Gasteiger partial charge in [-0.3, -0.25) is 14.4 Å². The van der Waals surface area contributed by atoms with Gasteiger partial charge in [-0.2, -0.15) is 0 Å². The predicted molar refractivity (Wildman–Crippen MR) is 362 cm³/mol. The molecule has 83 heavy (non-hydrogen) atoms. The van der Waals surface area contributed by atoms with Crippen molar-refractivity contribution in [2.24, 2.45) is 0 Å². The molecule has 0 amide bonds. The number of unbranched alkanes of at least 4 members (excludes halogenated alkanes) is 35. The minimum absolute atomic E-state index is 0.104. The van der Waals surface area contributed by atoms with Crippen molar-refractivity contribution in [2.75, 3.05) is 13.2 Å². The van der Waals surface area contributed by atoms with Crippen molar-refractivity contribution in [3.05, 3.63) is 109 Å². The summed E-state index contributed by atoms with van der Waals surface area (Å²) < 4.78 is 16.9. The maximum atomic E-state index is 12.9. The second kappa shape index (κ2) is 70.6. The molecule has 0 spiro atoms. The average Bonchev–Trinajstić information content (AvgIpc) is 3.50. The number of hydrogen-bond donors (Lipinski definition) is 0. The lowest BCUT2D eigenvalue weighted by Gasteiger charge is -2.18. The van der Waals surface area contributed by atoms with E-state index in [9.17, 15) is 14.4 Å². The van der Waals surface area contributed by atoms with Crippen LogP contribution in [-0.2, 0) is 28.6 Å². The molecule has 6 nitrogen and oxygen atoms in total. The second-order valence-electron chi connectivity index (χ2n) is 23.4. The van der Waals surface area contributed by atoms with Crippen LogP contribution < -0.4 is 0 Å². The van der Waals surface area contributed by atoms with Gasteiger partial charge in [-0.05, 0) is 103 Å². The average molecular weight is 1150 g/mol. The first-order valence-electron chi connectivity index (χ1n) is 35.4. The second-order valence-corrected chi connectivity index (χ2v) is 23.4. The fourth-order valence-corrected chi connectivity index (χ4v) is 9.99. The Hall–Kier alpha value is -3.93. The van der Waals surface area contributed by atoms with E-state index in [0.717, 1.165) is 116 Å². The third-order valence-corrected chi connectivity index (χ3v) is 15.3. The summed E-state index contributed by atoms with van der Waals surface area (Å²) in [6.07, 6.45) is 97.0. The summed E-state index contributed by atoms with van der Waals surface area (Å²) in [5.74, 6) is -0.965. The van der Waals surface area contributed by atoms with E-state index in [1.165, 1.54) is 180 Å².